The molecule has 1 heterocycles. The first kappa shape index (κ1) is 17.4. The van der Waals surface area contributed by atoms with E-state index in [1.807, 2.05) is 36.4 Å². The van der Waals surface area contributed by atoms with Gasteiger partial charge in [0.15, 0.2) is 0 Å². The van der Waals surface area contributed by atoms with Crippen LogP contribution in [0, 0.1) is 5.92 Å². The van der Waals surface area contributed by atoms with Gasteiger partial charge in [-0.1, -0.05) is 55.0 Å². The normalized spacial score (nSPS) is 27.1. The van der Waals surface area contributed by atoms with Crippen LogP contribution in [0.4, 0.5) is 0 Å². The smallest absolute Gasteiger partial charge is 0.243 e. The molecule has 0 amide bonds. The van der Waals surface area contributed by atoms with E-state index < -0.39 is 10.0 Å². The van der Waals surface area contributed by atoms with E-state index in [2.05, 4.69) is 0 Å². The van der Waals surface area contributed by atoms with Crippen molar-refractivity contribution in [2.45, 2.75) is 42.5 Å². The summed E-state index contributed by atoms with van der Waals surface area (Å²) in [4.78, 5) is 13.2. The molecule has 1 saturated carbocycles. The van der Waals surface area contributed by atoms with Crippen molar-refractivity contribution in [1.29, 1.82) is 0 Å². The second-order valence-electron chi connectivity index (χ2n) is 7.21. The van der Waals surface area contributed by atoms with E-state index in [1.165, 1.54) is 0 Å². The van der Waals surface area contributed by atoms with Crippen LogP contribution in [0.25, 0.3) is 0 Å². The van der Waals surface area contributed by atoms with Crippen molar-refractivity contribution in [1.82, 2.24) is 4.31 Å². The molecule has 2 aromatic carbocycles. The molecular formula is C21H23NO3S. The van der Waals surface area contributed by atoms with Gasteiger partial charge >= 0.3 is 0 Å². The SMILES string of the molecule is O=C1CCCC[C@H]2[C@H]1[C@@H](c1ccccc1)CN2S(=O)(=O)c1ccccc1. The van der Waals surface area contributed by atoms with Gasteiger partial charge in [-0.05, 0) is 30.5 Å². The molecule has 2 aromatic rings. The molecular weight excluding hydrogens is 346 g/mol. The number of carbonyl (C=O) groups is 1. The summed E-state index contributed by atoms with van der Waals surface area (Å²) < 4.78 is 28.2. The Balaban J connectivity index is 1.77. The minimum Gasteiger partial charge on any atom is -0.299 e. The lowest BCUT2D eigenvalue weighted by atomic mass is 9.82. The number of Topliss-reactive ketones (excluding diaryl/α,β-unsaturated/α-hetero) is 1. The maximum Gasteiger partial charge on any atom is 0.243 e. The Hall–Kier alpha value is -1.98. The van der Waals surface area contributed by atoms with Crippen LogP contribution in [0.3, 0.4) is 0 Å². The van der Waals surface area contributed by atoms with Crippen LogP contribution in [0.15, 0.2) is 65.6 Å². The first-order valence-corrected chi connectivity index (χ1v) is 10.7. The van der Waals surface area contributed by atoms with Crippen molar-refractivity contribution >= 4 is 15.8 Å². The molecule has 1 aliphatic carbocycles. The summed E-state index contributed by atoms with van der Waals surface area (Å²) in [5, 5.41) is 0. The van der Waals surface area contributed by atoms with Gasteiger partial charge in [0.2, 0.25) is 10.0 Å². The number of hydrogen-bond donors (Lipinski definition) is 0. The second-order valence-corrected chi connectivity index (χ2v) is 9.10. The van der Waals surface area contributed by atoms with Crippen LogP contribution in [0.2, 0.25) is 0 Å². The fourth-order valence-electron chi connectivity index (χ4n) is 4.49. The Morgan fingerprint density at radius 3 is 2.23 bits per heavy atom. The standard InChI is InChI=1S/C21H23NO3S/c23-20-14-8-7-13-19-21(20)18(16-9-3-1-4-10-16)15-22(19)26(24,25)17-11-5-2-6-12-17/h1-6,9-12,18-19,21H,7-8,13-15H2/t18-,19+,21-/m1/s1. The van der Waals surface area contributed by atoms with Crippen LogP contribution in [0.1, 0.15) is 37.2 Å². The van der Waals surface area contributed by atoms with E-state index in [4.69, 9.17) is 0 Å². The number of hydrogen-bond acceptors (Lipinski definition) is 3. The summed E-state index contributed by atoms with van der Waals surface area (Å²) in [6.45, 7) is 0.377. The Labute approximate surface area is 154 Å². The Bertz CT molecular complexity index is 880. The summed E-state index contributed by atoms with van der Waals surface area (Å²) in [5.74, 6) is -0.0872. The number of sulfonamides is 1. The highest BCUT2D eigenvalue weighted by Gasteiger charge is 2.50. The number of rotatable bonds is 3. The van der Waals surface area contributed by atoms with Gasteiger partial charge in [0.25, 0.3) is 0 Å². The first-order valence-electron chi connectivity index (χ1n) is 9.23. The monoisotopic (exact) mass is 369 g/mol. The van der Waals surface area contributed by atoms with Gasteiger partial charge in [0.1, 0.15) is 5.78 Å². The van der Waals surface area contributed by atoms with Crippen molar-refractivity contribution in [3.63, 3.8) is 0 Å². The molecule has 1 saturated heterocycles. The molecule has 3 atom stereocenters. The first-order chi connectivity index (χ1) is 12.6. The van der Waals surface area contributed by atoms with Crippen LogP contribution < -0.4 is 0 Å². The topological polar surface area (TPSA) is 54.5 Å². The lowest BCUT2D eigenvalue weighted by Crippen LogP contribution is -2.39. The molecule has 0 aromatic heterocycles. The fraction of sp³-hybridized carbons (Fsp3) is 0.381. The molecule has 2 aliphatic rings. The Kier molecular flexibility index (Phi) is 4.67. The fourth-order valence-corrected chi connectivity index (χ4v) is 6.21. The van der Waals surface area contributed by atoms with E-state index in [-0.39, 0.29) is 23.7 Å². The lowest BCUT2D eigenvalue weighted by molar-refractivity contribution is -0.123. The molecule has 26 heavy (non-hydrogen) atoms. The van der Waals surface area contributed by atoms with E-state index in [0.29, 0.717) is 17.9 Å². The van der Waals surface area contributed by atoms with E-state index in [0.717, 1.165) is 24.8 Å². The zero-order valence-electron chi connectivity index (χ0n) is 14.6. The average Bonchev–Trinajstić information content (AvgIpc) is 2.97. The molecule has 0 spiro atoms. The third kappa shape index (κ3) is 2.99. The van der Waals surface area contributed by atoms with Crippen LogP contribution in [0.5, 0.6) is 0 Å². The van der Waals surface area contributed by atoms with Gasteiger partial charge in [-0.25, -0.2) is 8.42 Å². The lowest BCUT2D eigenvalue weighted by Gasteiger charge is -2.25. The Morgan fingerprint density at radius 2 is 1.54 bits per heavy atom. The van der Waals surface area contributed by atoms with Crippen LogP contribution >= 0.6 is 0 Å². The van der Waals surface area contributed by atoms with Gasteiger partial charge in [0.05, 0.1) is 4.90 Å². The highest BCUT2D eigenvalue weighted by atomic mass is 32.2. The van der Waals surface area contributed by atoms with Gasteiger partial charge in [-0.3, -0.25) is 4.79 Å². The second kappa shape index (κ2) is 6.97. The van der Waals surface area contributed by atoms with Crippen LogP contribution in [-0.4, -0.2) is 31.1 Å². The van der Waals surface area contributed by atoms with Crippen molar-refractivity contribution in [3.05, 3.63) is 66.2 Å². The van der Waals surface area contributed by atoms with Crippen molar-refractivity contribution in [2.24, 2.45) is 5.92 Å². The predicted molar refractivity (Wildman–Crippen MR) is 100 cm³/mol. The van der Waals surface area contributed by atoms with Gasteiger partial charge in [-0.2, -0.15) is 4.31 Å². The molecule has 1 aliphatic heterocycles. The highest BCUT2D eigenvalue weighted by molar-refractivity contribution is 7.89. The molecule has 0 bridgehead atoms. The summed E-state index contributed by atoms with van der Waals surface area (Å²) in [6.07, 6.45) is 3.07. The summed E-state index contributed by atoms with van der Waals surface area (Å²) >= 11 is 0. The third-order valence-electron chi connectivity index (χ3n) is 5.72. The van der Waals surface area contributed by atoms with Gasteiger partial charge in [-0.15, -0.1) is 0 Å². The van der Waals surface area contributed by atoms with Gasteiger partial charge in [0, 0.05) is 30.8 Å². The molecule has 0 radical (unpaired) electrons. The zero-order chi connectivity index (χ0) is 18.1. The van der Waals surface area contributed by atoms with Crippen LogP contribution in [-0.2, 0) is 14.8 Å². The number of benzene rings is 2. The van der Waals surface area contributed by atoms with Crippen molar-refractivity contribution in [3.8, 4) is 0 Å². The molecule has 0 unspecified atom stereocenters. The molecule has 5 heteroatoms. The number of fused-ring (bicyclic) bond motifs is 1. The minimum absolute atomic E-state index is 0.0645. The summed E-state index contributed by atoms with van der Waals surface area (Å²) in [6, 6.07) is 18.2. The number of carbonyl (C=O) groups excluding carboxylic acids is 1. The number of nitrogens with zero attached hydrogens (tertiary/aromatic N) is 1. The molecule has 4 rings (SSSR count). The van der Waals surface area contributed by atoms with Gasteiger partial charge < -0.3 is 0 Å². The Morgan fingerprint density at radius 1 is 0.885 bits per heavy atom. The summed E-state index contributed by atoms with van der Waals surface area (Å²) in [7, 11) is -3.61. The minimum atomic E-state index is -3.61. The highest BCUT2D eigenvalue weighted by Crippen LogP contribution is 2.44. The predicted octanol–water partition coefficient (Wildman–Crippen LogP) is 3.60. The number of ketones is 1. The largest absolute Gasteiger partial charge is 0.299 e. The van der Waals surface area contributed by atoms with Crippen molar-refractivity contribution < 1.29 is 13.2 Å². The molecule has 136 valence electrons. The molecule has 4 nitrogen and oxygen atoms in total. The van der Waals surface area contributed by atoms with E-state index in [1.54, 1.807) is 28.6 Å². The summed E-state index contributed by atoms with van der Waals surface area (Å²) in [5.41, 5.74) is 1.06. The quantitative estimate of drug-likeness (QED) is 0.831. The van der Waals surface area contributed by atoms with E-state index >= 15 is 0 Å². The average molecular weight is 369 g/mol. The zero-order valence-corrected chi connectivity index (χ0v) is 15.4. The maximum atomic E-state index is 13.3. The maximum absolute atomic E-state index is 13.3. The van der Waals surface area contributed by atoms with E-state index in [9.17, 15) is 13.2 Å². The van der Waals surface area contributed by atoms with Crippen molar-refractivity contribution in [2.75, 3.05) is 6.54 Å². The third-order valence-corrected chi connectivity index (χ3v) is 7.62. The molecule has 2 fully saturated rings. The molecule has 0 N–H and O–H groups in total.